The third-order valence-corrected chi connectivity index (χ3v) is 5.71. The summed E-state index contributed by atoms with van der Waals surface area (Å²) in [5.41, 5.74) is 7.95. The summed E-state index contributed by atoms with van der Waals surface area (Å²) in [6.45, 7) is -0.818. The van der Waals surface area contributed by atoms with Crippen molar-refractivity contribution in [3.63, 3.8) is 0 Å². The molecule has 31 heavy (non-hydrogen) atoms. The van der Waals surface area contributed by atoms with E-state index in [1.54, 1.807) is 17.0 Å². The van der Waals surface area contributed by atoms with Crippen LogP contribution in [0, 0.1) is 0 Å². The van der Waals surface area contributed by atoms with E-state index in [4.69, 9.17) is 26.8 Å². The maximum absolute atomic E-state index is 12.7. The first-order valence-corrected chi connectivity index (χ1v) is 10.5. The molecule has 2 aromatic rings. The number of aromatic amines is 1. The van der Waals surface area contributed by atoms with Crippen molar-refractivity contribution in [2.45, 2.75) is 24.3 Å². The van der Waals surface area contributed by atoms with E-state index in [0.29, 0.717) is 18.7 Å². The number of hydrogen-bond donors (Lipinski definition) is 2. The summed E-state index contributed by atoms with van der Waals surface area (Å²) in [7, 11) is 0. The van der Waals surface area contributed by atoms with Gasteiger partial charge in [0.15, 0.2) is 6.61 Å². The molecule has 2 atom stereocenters. The van der Waals surface area contributed by atoms with E-state index >= 15 is 0 Å². The van der Waals surface area contributed by atoms with Gasteiger partial charge in [0.05, 0.1) is 5.38 Å². The fourth-order valence-corrected chi connectivity index (χ4v) is 4.31. The summed E-state index contributed by atoms with van der Waals surface area (Å²) in [6.07, 6.45) is 4.90. The molecule has 2 heterocycles. The first kappa shape index (κ1) is 21.2. The Morgan fingerprint density at radius 2 is 2.06 bits per heavy atom. The smallest absolute Gasteiger partial charge is 0.410 e. The number of rotatable bonds is 6. The van der Waals surface area contributed by atoms with E-state index < -0.39 is 24.7 Å². The van der Waals surface area contributed by atoms with Crippen molar-refractivity contribution < 1.29 is 23.5 Å². The molecule has 1 aromatic carbocycles. The molecule has 9 heteroatoms. The fourth-order valence-electron chi connectivity index (χ4n) is 4.10. The van der Waals surface area contributed by atoms with Crippen LogP contribution in [0.25, 0.3) is 12.2 Å². The first-order valence-electron chi connectivity index (χ1n) is 10.0. The number of carbonyl (C=O) groups is 2. The molecular weight excluding hydrogens is 425 g/mol. The third-order valence-electron chi connectivity index (χ3n) is 5.41. The van der Waals surface area contributed by atoms with Gasteiger partial charge in [-0.1, -0.05) is 24.3 Å². The van der Waals surface area contributed by atoms with Crippen LogP contribution in [-0.4, -0.2) is 53.7 Å². The lowest BCUT2D eigenvalue weighted by Crippen LogP contribution is -2.42. The third kappa shape index (κ3) is 4.39. The topological polar surface area (TPSA) is 97.7 Å². The largest absolute Gasteiger partial charge is 0.484 e. The zero-order valence-corrected chi connectivity index (χ0v) is 17.5. The number of fused-ring (bicyclic) bond motifs is 3. The van der Waals surface area contributed by atoms with Gasteiger partial charge in [-0.2, -0.15) is 0 Å². The van der Waals surface area contributed by atoms with Crippen LogP contribution in [0.1, 0.15) is 29.3 Å². The molecule has 1 aliphatic heterocycles. The summed E-state index contributed by atoms with van der Waals surface area (Å²) in [4.78, 5) is 28.7. The Bertz CT molecular complexity index is 1100. The molecule has 0 bridgehead atoms. The van der Waals surface area contributed by atoms with Crippen LogP contribution >= 0.6 is 11.6 Å². The second kappa shape index (κ2) is 9.01. The van der Waals surface area contributed by atoms with Crippen LogP contribution in [-0.2, 0) is 16.0 Å². The number of nitrogens with one attached hydrogen (secondary N) is 1. The molecule has 0 fully saturated rings. The summed E-state index contributed by atoms with van der Waals surface area (Å²) in [6, 6.07) is 6.63. The molecule has 2 amide bonds. The van der Waals surface area contributed by atoms with Crippen molar-refractivity contribution in [3.05, 3.63) is 51.7 Å². The molecule has 1 aliphatic carbocycles. The van der Waals surface area contributed by atoms with Crippen LogP contribution in [0.4, 0.5) is 9.18 Å². The number of primary amides is 1. The van der Waals surface area contributed by atoms with E-state index in [9.17, 15) is 14.0 Å². The van der Waals surface area contributed by atoms with Gasteiger partial charge < -0.3 is 20.2 Å². The number of hydrogen-bond acceptors (Lipinski definition) is 4. The number of nitrogens with zero attached hydrogens (tertiary/aromatic N) is 1. The van der Waals surface area contributed by atoms with E-state index in [2.05, 4.69) is 11.1 Å². The fraction of sp³-hybridized carbons (Fsp3) is 0.364. The van der Waals surface area contributed by atoms with Crippen molar-refractivity contribution in [1.82, 2.24) is 9.88 Å². The predicted octanol–water partition coefficient (Wildman–Crippen LogP) is 1.50. The van der Waals surface area contributed by atoms with Gasteiger partial charge in [-0.25, -0.2) is 9.18 Å². The zero-order chi connectivity index (χ0) is 22.0. The molecule has 164 valence electrons. The number of carbonyl (C=O) groups excluding carboxylic acids is 2. The van der Waals surface area contributed by atoms with Gasteiger partial charge in [-0.15, -0.1) is 11.6 Å². The average Bonchev–Trinajstić information content (AvgIpc) is 3.13. The second-order valence-corrected chi connectivity index (χ2v) is 8.00. The minimum Gasteiger partial charge on any atom is -0.484 e. The Balaban J connectivity index is 1.73. The van der Waals surface area contributed by atoms with E-state index in [1.807, 2.05) is 18.2 Å². The SMILES string of the molecule is NC(=O)COc1ccc(C2c3[nH]c4c(c3CCN2C(=O)OCCF)=CC(Cl)CC=4)cc1. The number of halogens is 2. The molecule has 0 saturated carbocycles. The zero-order valence-electron chi connectivity index (χ0n) is 16.8. The second-order valence-electron chi connectivity index (χ2n) is 7.44. The molecule has 2 aliphatic rings. The Morgan fingerprint density at radius 3 is 2.77 bits per heavy atom. The molecule has 1 aromatic heterocycles. The molecule has 0 radical (unpaired) electrons. The number of ether oxygens (including phenoxy) is 2. The Kier molecular flexibility index (Phi) is 6.18. The lowest BCUT2D eigenvalue weighted by atomic mass is 9.92. The predicted molar refractivity (Wildman–Crippen MR) is 114 cm³/mol. The number of H-pyrrole nitrogens is 1. The monoisotopic (exact) mass is 447 g/mol. The van der Waals surface area contributed by atoms with E-state index in [-0.39, 0.29) is 18.6 Å². The molecule has 0 spiro atoms. The molecule has 3 N–H and O–H groups in total. The van der Waals surface area contributed by atoms with Crippen molar-refractivity contribution >= 4 is 35.8 Å². The minimum atomic E-state index is -0.737. The molecule has 7 nitrogen and oxygen atoms in total. The van der Waals surface area contributed by atoms with Gasteiger partial charge in [0, 0.05) is 22.8 Å². The first-order chi connectivity index (χ1) is 15.0. The maximum atomic E-state index is 12.7. The highest BCUT2D eigenvalue weighted by atomic mass is 35.5. The Morgan fingerprint density at radius 1 is 1.29 bits per heavy atom. The Hall–Kier alpha value is -3.00. The van der Waals surface area contributed by atoms with Gasteiger partial charge >= 0.3 is 6.09 Å². The molecule has 2 unspecified atom stereocenters. The van der Waals surface area contributed by atoms with Gasteiger partial charge in [0.2, 0.25) is 0 Å². The standard InChI is InChI=1S/C22H23ClFN3O4/c23-14-3-6-18-17(11-14)16-7-9-27(22(29)30-10-8-24)21(20(16)26-18)13-1-4-15(5-2-13)31-12-19(25)28/h1-2,4-6,11,14,21,26H,3,7-10,12H2,(H2,25,28). The van der Waals surface area contributed by atoms with E-state index in [1.165, 1.54) is 0 Å². The van der Waals surface area contributed by atoms with Crippen LogP contribution < -0.4 is 21.0 Å². The lowest BCUT2D eigenvalue weighted by molar-refractivity contribution is -0.119. The lowest BCUT2D eigenvalue weighted by Gasteiger charge is -2.35. The maximum Gasteiger partial charge on any atom is 0.410 e. The average molecular weight is 448 g/mol. The normalized spacial score (nSPS) is 19.5. The minimum absolute atomic E-state index is 0.0694. The number of aromatic nitrogens is 1. The molecule has 0 saturated heterocycles. The van der Waals surface area contributed by atoms with Crippen molar-refractivity contribution in [3.8, 4) is 5.75 Å². The summed E-state index contributed by atoms with van der Waals surface area (Å²) >= 11 is 6.34. The highest BCUT2D eigenvalue weighted by Crippen LogP contribution is 2.34. The number of nitrogens with two attached hydrogens (primary N) is 1. The van der Waals surface area contributed by atoms with Crippen LogP contribution in [0.5, 0.6) is 5.75 Å². The Labute approximate surface area is 183 Å². The highest BCUT2D eigenvalue weighted by Gasteiger charge is 2.35. The summed E-state index contributed by atoms with van der Waals surface area (Å²) in [5, 5.41) is 2.00. The van der Waals surface area contributed by atoms with Crippen LogP contribution in [0.15, 0.2) is 24.3 Å². The molecular formula is C22H23ClFN3O4. The quantitative estimate of drug-likeness (QED) is 0.656. The number of amides is 2. The van der Waals surface area contributed by atoms with Crippen molar-refractivity contribution in [1.29, 1.82) is 0 Å². The summed E-state index contributed by atoms with van der Waals surface area (Å²) < 4.78 is 23.0. The van der Waals surface area contributed by atoms with Crippen LogP contribution in [0.3, 0.4) is 0 Å². The van der Waals surface area contributed by atoms with Gasteiger partial charge in [-0.3, -0.25) is 9.69 Å². The number of alkyl halides is 2. The van der Waals surface area contributed by atoms with Crippen LogP contribution in [0.2, 0.25) is 0 Å². The highest BCUT2D eigenvalue weighted by molar-refractivity contribution is 6.24. The van der Waals surface area contributed by atoms with Crippen molar-refractivity contribution in [2.75, 3.05) is 26.4 Å². The van der Waals surface area contributed by atoms with Crippen molar-refractivity contribution in [2.24, 2.45) is 5.73 Å². The van der Waals surface area contributed by atoms with Gasteiger partial charge in [0.1, 0.15) is 25.1 Å². The summed E-state index contributed by atoms with van der Waals surface area (Å²) in [5.74, 6) is -0.0765. The van der Waals surface area contributed by atoms with Gasteiger partial charge in [0.25, 0.3) is 5.91 Å². The molecule has 4 rings (SSSR count). The van der Waals surface area contributed by atoms with E-state index in [0.717, 1.165) is 33.8 Å². The number of benzene rings is 1. The van der Waals surface area contributed by atoms with Gasteiger partial charge in [-0.05, 0) is 36.1 Å².